The molecule has 7 nitrogen and oxygen atoms in total. The Labute approximate surface area is 122 Å². The highest BCUT2D eigenvalue weighted by atomic mass is 16.2. The van der Waals surface area contributed by atoms with Crippen LogP contribution in [0, 0.1) is 0 Å². The van der Waals surface area contributed by atoms with E-state index >= 15 is 0 Å². The van der Waals surface area contributed by atoms with Crippen molar-refractivity contribution in [1.82, 2.24) is 19.9 Å². The van der Waals surface area contributed by atoms with Crippen LogP contribution in [0.15, 0.2) is 30.9 Å². The highest BCUT2D eigenvalue weighted by molar-refractivity contribution is 5.92. The molecule has 0 aromatic carbocycles. The molecule has 0 bridgehead atoms. The van der Waals surface area contributed by atoms with Crippen molar-refractivity contribution in [2.24, 2.45) is 0 Å². The summed E-state index contributed by atoms with van der Waals surface area (Å²) in [7, 11) is 0. The van der Waals surface area contributed by atoms with Gasteiger partial charge in [0.1, 0.15) is 17.8 Å². The van der Waals surface area contributed by atoms with Crippen molar-refractivity contribution in [3.05, 3.63) is 36.5 Å². The van der Waals surface area contributed by atoms with Gasteiger partial charge in [-0.2, -0.15) is 0 Å². The Morgan fingerprint density at radius 3 is 2.67 bits per heavy atom. The molecule has 0 spiro atoms. The maximum atomic E-state index is 11.6. The normalized spacial score (nSPS) is 10.2. The predicted octanol–water partition coefficient (Wildman–Crippen LogP) is 1.37. The van der Waals surface area contributed by atoms with Gasteiger partial charge in [0.25, 0.3) is 5.91 Å². The SMILES string of the molecule is CCNC(=O)c1cn(-c2ccc(NC(=O)CC)cn2)cn1. The maximum absolute atomic E-state index is 11.6. The minimum absolute atomic E-state index is 0.0642. The highest BCUT2D eigenvalue weighted by Gasteiger charge is 2.09. The number of carbonyl (C=O) groups is 2. The van der Waals surface area contributed by atoms with Gasteiger partial charge in [0, 0.05) is 19.2 Å². The van der Waals surface area contributed by atoms with Crippen LogP contribution in [-0.4, -0.2) is 32.9 Å². The lowest BCUT2D eigenvalue weighted by Crippen LogP contribution is -2.22. The Morgan fingerprint density at radius 1 is 1.24 bits per heavy atom. The van der Waals surface area contributed by atoms with Crippen LogP contribution in [0.4, 0.5) is 5.69 Å². The highest BCUT2D eigenvalue weighted by Crippen LogP contribution is 2.11. The summed E-state index contributed by atoms with van der Waals surface area (Å²) in [6.07, 6.45) is 5.11. The number of carbonyl (C=O) groups excluding carboxylic acids is 2. The molecule has 2 N–H and O–H groups in total. The number of nitrogens with one attached hydrogen (secondary N) is 2. The molecular formula is C14H17N5O2. The fourth-order valence-electron chi connectivity index (χ4n) is 1.68. The van der Waals surface area contributed by atoms with E-state index < -0.39 is 0 Å². The van der Waals surface area contributed by atoms with Gasteiger partial charge < -0.3 is 10.6 Å². The van der Waals surface area contributed by atoms with Crippen molar-refractivity contribution in [3.8, 4) is 5.82 Å². The molecule has 0 atom stereocenters. The fourth-order valence-corrected chi connectivity index (χ4v) is 1.68. The van der Waals surface area contributed by atoms with Gasteiger partial charge in [-0.1, -0.05) is 6.92 Å². The Kier molecular flexibility index (Phi) is 4.65. The zero-order valence-electron chi connectivity index (χ0n) is 12.0. The van der Waals surface area contributed by atoms with Crippen LogP contribution in [0.5, 0.6) is 0 Å². The van der Waals surface area contributed by atoms with Gasteiger partial charge in [0.05, 0.1) is 11.9 Å². The minimum atomic E-state index is -0.219. The van der Waals surface area contributed by atoms with E-state index in [1.165, 1.54) is 6.33 Å². The lowest BCUT2D eigenvalue weighted by molar-refractivity contribution is -0.115. The van der Waals surface area contributed by atoms with Crippen molar-refractivity contribution in [3.63, 3.8) is 0 Å². The summed E-state index contributed by atoms with van der Waals surface area (Å²) in [6.45, 7) is 4.18. The molecule has 2 amide bonds. The van der Waals surface area contributed by atoms with E-state index in [0.717, 1.165) is 0 Å². The van der Waals surface area contributed by atoms with E-state index in [1.54, 1.807) is 36.0 Å². The van der Waals surface area contributed by atoms with Gasteiger partial charge in [-0.15, -0.1) is 0 Å². The fraction of sp³-hybridized carbons (Fsp3) is 0.286. The summed E-state index contributed by atoms with van der Waals surface area (Å²) < 4.78 is 1.65. The molecule has 0 unspecified atom stereocenters. The first-order valence-corrected chi connectivity index (χ1v) is 6.72. The third-order valence-corrected chi connectivity index (χ3v) is 2.77. The van der Waals surface area contributed by atoms with E-state index in [9.17, 15) is 9.59 Å². The molecule has 7 heteroatoms. The van der Waals surface area contributed by atoms with Crippen LogP contribution in [0.1, 0.15) is 30.8 Å². The molecular weight excluding hydrogens is 270 g/mol. The number of rotatable bonds is 5. The molecule has 0 radical (unpaired) electrons. The quantitative estimate of drug-likeness (QED) is 0.869. The van der Waals surface area contributed by atoms with Crippen molar-refractivity contribution in [2.45, 2.75) is 20.3 Å². The molecule has 21 heavy (non-hydrogen) atoms. The third kappa shape index (κ3) is 3.65. The molecule has 0 aliphatic carbocycles. The standard InChI is InChI=1S/C14H17N5O2/c1-3-13(20)18-10-5-6-12(16-7-10)19-8-11(17-9-19)14(21)15-4-2/h5-9H,3-4H2,1-2H3,(H,15,21)(H,18,20). The number of hydrogen-bond acceptors (Lipinski definition) is 4. The molecule has 2 aromatic rings. The van der Waals surface area contributed by atoms with Gasteiger partial charge in [-0.05, 0) is 19.1 Å². The maximum Gasteiger partial charge on any atom is 0.271 e. The second kappa shape index (κ2) is 6.65. The average Bonchev–Trinajstić information content (AvgIpc) is 2.98. The van der Waals surface area contributed by atoms with Gasteiger partial charge in [0.2, 0.25) is 5.91 Å². The summed E-state index contributed by atoms with van der Waals surface area (Å²) in [5, 5.41) is 5.40. The monoisotopic (exact) mass is 287 g/mol. The van der Waals surface area contributed by atoms with Crippen LogP contribution in [0.25, 0.3) is 5.82 Å². The van der Waals surface area contributed by atoms with Gasteiger partial charge in [0.15, 0.2) is 0 Å². The molecule has 0 saturated heterocycles. The summed E-state index contributed by atoms with van der Waals surface area (Å²) in [6, 6.07) is 3.50. The summed E-state index contributed by atoms with van der Waals surface area (Å²) in [4.78, 5) is 31.2. The van der Waals surface area contributed by atoms with Crippen LogP contribution in [-0.2, 0) is 4.79 Å². The molecule has 110 valence electrons. The van der Waals surface area contributed by atoms with E-state index in [2.05, 4.69) is 20.6 Å². The second-order valence-electron chi connectivity index (χ2n) is 4.33. The molecule has 0 aliphatic rings. The molecule has 0 aliphatic heterocycles. The molecule has 2 rings (SSSR count). The predicted molar refractivity (Wildman–Crippen MR) is 78.3 cm³/mol. The molecule has 2 heterocycles. The molecule has 2 aromatic heterocycles. The van der Waals surface area contributed by atoms with Crippen molar-refractivity contribution >= 4 is 17.5 Å². The third-order valence-electron chi connectivity index (χ3n) is 2.77. The van der Waals surface area contributed by atoms with E-state index in [4.69, 9.17) is 0 Å². The Morgan fingerprint density at radius 2 is 2.05 bits per heavy atom. The van der Waals surface area contributed by atoms with Crippen molar-refractivity contribution in [2.75, 3.05) is 11.9 Å². The minimum Gasteiger partial charge on any atom is -0.351 e. The first kappa shape index (κ1) is 14.7. The van der Waals surface area contributed by atoms with E-state index in [-0.39, 0.29) is 11.8 Å². The largest absolute Gasteiger partial charge is 0.351 e. The zero-order chi connectivity index (χ0) is 15.2. The van der Waals surface area contributed by atoms with E-state index in [1.807, 2.05) is 6.92 Å². The van der Waals surface area contributed by atoms with Gasteiger partial charge in [-0.3, -0.25) is 14.2 Å². The van der Waals surface area contributed by atoms with Gasteiger partial charge in [-0.25, -0.2) is 9.97 Å². The average molecular weight is 287 g/mol. The number of nitrogens with zero attached hydrogens (tertiary/aromatic N) is 3. The van der Waals surface area contributed by atoms with Crippen LogP contribution in [0.2, 0.25) is 0 Å². The first-order chi connectivity index (χ1) is 10.1. The van der Waals surface area contributed by atoms with Crippen molar-refractivity contribution < 1.29 is 9.59 Å². The molecule has 0 saturated carbocycles. The summed E-state index contributed by atoms with van der Waals surface area (Å²) in [5.41, 5.74) is 0.969. The number of anilines is 1. The second-order valence-corrected chi connectivity index (χ2v) is 4.33. The smallest absolute Gasteiger partial charge is 0.271 e. The number of aromatic nitrogens is 3. The summed E-state index contributed by atoms with van der Waals surface area (Å²) in [5.74, 6) is 0.335. The Hall–Kier alpha value is -2.70. The van der Waals surface area contributed by atoms with Crippen LogP contribution < -0.4 is 10.6 Å². The lowest BCUT2D eigenvalue weighted by Gasteiger charge is -2.05. The zero-order valence-corrected chi connectivity index (χ0v) is 12.0. The molecule has 0 fully saturated rings. The number of imidazole rings is 1. The topological polar surface area (TPSA) is 88.9 Å². The van der Waals surface area contributed by atoms with Crippen molar-refractivity contribution in [1.29, 1.82) is 0 Å². The number of hydrogen-bond donors (Lipinski definition) is 2. The van der Waals surface area contributed by atoms with Crippen LogP contribution in [0.3, 0.4) is 0 Å². The summed E-state index contributed by atoms with van der Waals surface area (Å²) >= 11 is 0. The Bertz CT molecular complexity index is 633. The van der Waals surface area contributed by atoms with Gasteiger partial charge >= 0.3 is 0 Å². The van der Waals surface area contributed by atoms with Crippen LogP contribution >= 0.6 is 0 Å². The lowest BCUT2D eigenvalue weighted by atomic mass is 10.3. The number of amides is 2. The Balaban J connectivity index is 2.12. The first-order valence-electron chi connectivity index (χ1n) is 6.72. The van der Waals surface area contributed by atoms with E-state index in [0.29, 0.717) is 30.2 Å². The number of pyridine rings is 1.